The zero-order valence-electron chi connectivity index (χ0n) is 10.3. The molecule has 20 heavy (non-hydrogen) atoms. The molecule has 0 amide bonds. The number of benzene rings is 1. The molecule has 0 saturated heterocycles. The van der Waals surface area contributed by atoms with E-state index in [4.69, 9.17) is 17.3 Å². The third-order valence-electron chi connectivity index (χ3n) is 2.54. The van der Waals surface area contributed by atoms with E-state index in [9.17, 15) is 8.42 Å². The molecule has 0 unspecified atom stereocenters. The molecule has 0 aliphatic carbocycles. The number of thiophene rings is 1. The molecule has 0 aliphatic rings. The van der Waals surface area contributed by atoms with E-state index >= 15 is 0 Å². The second-order valence-corrected chi connectivity index (χ2v) is 8.73. The molecule has 2 aromatic rings. The Hall–Kier alpha value is -0.600. The first-order valence-electron chi connectivity index (χ1n) is 5.67. The van der Waals surface area contributed by atoms with Crippen molar-refractivity contribution < 1.29 is 8.42 Å². The molecule has 0 bridgehead atoms. The zero-order valence-corrected chi connectivity index (χ0v) is 14.2. The molecule has 2 rings (SSSR count). The van der Waals surface area contributed by atoms with Crippen LogP contribution in [0.2, 0.25) is 5.02 Å². The van der Waals surface area contributed by atoms with E-state index in [-0.39, 0.29) is 9.92 Å². The Morgan fingerprint density at radius 3 is 2.65 bits per heavy atom. The van der Waals surface area contributed by atoms with Gasteiger partial charge in [0.1, 0.15) is 4.90 Å². The topological polar surface area (TPSA) is 72.2 Å². The van der Waals surface area contributed by atoms with Crippen molar-refractivity contribution in [3.63, 3.8) is 0 Å². The second kappa shape index (κ2) is 6.44. The van der Waals surface area contributed by atoms with Crippen molar-refractivity contribution >= 4 is 54.6 Å². The van der Waals surface area contributed by atoms with Crippen molar-refractivity contribution in [3.05, 3.63) is 44.0 Å². The Morgan fingerprint density at radius 2 is 2.05 bits per heavy atom. The lowest BCUT2D eigenvalue weighted by Crippen LogP contribution is -2.26. The van der Waals surface area contributed by atoms with Gasteiger partial charge in [0.25, 0.3) is 0 Å². The zero-order chi connectivity index (χ0) is 14.8. The van der Waals surface area contributed by atoms with Crippen LogP contribution in [-0.2, 0) is 16.4 Å². The SMILES string of the molecule is Nc1ccc(S(=O)(=O)NCCc2ccc(Br)s2)c(Cl)c1. The molecular formula is C12H12BrClN2O2S2. The van der Waals surface area contributed by atoms with Crippen LogP contribution in [0.3, 0.4) is 0 Å². The first kappa shape index (κ1) is 15.8. The van der Waals surface area contributed by atoms with Crippen LogP contribution in [0.4, 0.5) is 5.69 Å². The highest BCUT2D eigenvalue weighted by Crippen LogP contribution is 2.24. The van der Waals surface area contributed by atoms with Crippen LogP contribution >= 0.6 is 38.9 Å². The molecule has 108 valence electrons. The molecule has 0 spiro atoms. The number of sulfonamides is 1. The molecule has 0 fully saturated rings. The number of hydrogen-bond acceptors (Lipinski definition) is 4. The van der Waals surface area contributed by atoms with Crippen LogP contribution in [-0.4, -0.2) is 15.0 Å². The predicted molar refractivity (Wildman–Crippen MR) is 86.8 cm³/mol. The number of hydrogen-bond donors (Lipinski definition) is 2. The summed E-state index contributed by atoms with van der Waals surface area (Å²) >= 11 is 10.9. The van der Waals surface area contributed by atoms with Crippen LogP contribution in [0.25, 0.3) is 0 Å². The van der Waals surface area contributed by atoms with Crippen molar-refractivity contribution in [2.24, 2.45) is 0 Å². The number of halogens is 2. The molecule has 0 saturated carbocycles. The summed E-state index contributed by atoms with van der Waals surface area (Å²) in [5, 5.41) is 0.122. The number of nitrogens with two attached hydrogens (primary N) is 1. The minimum atomic E-state index is -3.62. The third kappa shape index (κ3) is 3.95. The molecule has 1 aromatic heterocycles. The Kier molecular flexibility index (Phi) is 5.09. The molecule has 1 heterocycles. The lowest BCUT2D eigenvalue weighted by Gasteiger charge is -2.08. The van der Waals surface area contributed by atoms with Crippen molar-refractivity contribution in [2.45, 2.75) is 11.3 Å². The fourth-order valence-corrected chi connectivity index (χ4v) is 4.67. The minimum absolute atomic E-state index is 0.0423. The summed E-state index contributed by atoms with van der Waals surface area (Å²) in [6.07, 6.45) is 0.627. The van der Waals surface area contributed by atoms with Gasteiger partial charge in [0.15, 0.2) is 0 Å². The van der Waals surface area contributed by atoms with Gasteiger partial charge >= 0.3 is 0 Å². The highest BCUT2D eigenvalue weighted by Gasteiger charge is 2.17. The summed E-state index contributed by atoms with van der Waals surface area (Å²) in [6.45, 7) is 0.315. The summed E-state index contributed by atoms with van der Waals surface area (Å²) in [5.74, 6) is 0. The van der Waals surface area contributed by atoms with E-state index in [0.29, 0.717) is 18.7 Å². The minimum Gasteiger partial charge on any atom is -0.399 e. The lowest BCUT2D eigenvalue weighted by atomic mass is 10.3. The van der Waals surface area contributed by atoms with E-state index < -0.39 is 10.0 Å². The molecule has 0 atom stereocenters. The summed E-state index contributed by atoms with van der Waals surface area (Å²) < 4.78 is 27.8. The van der Waals surface area contributed by atoms with E-state index in [0.717, 1.165) is 8.66 Å². The van der Waals surface area contributed by atoms with Crippen LogP contribution in [0.5, 0.6) is 0 Å². The molecule has 0 radical (unpaired) electrons. The quantitative estimate of drug-likeness (QED) is 0.763. The molecule has 3 N–H and O–H groups in total. The molecule has 4 nitrogen and oxygen atoms in total. The Balaban J connectivity index is 2.04. The Labute approximate surface area is 135 Å². The molecule has 8 heteroatoms. The smallest absolute Gasteiger partial charge is 0.242 e. The summed E-state index contributed by atoms with van der Waals surface area (Å²) in [4.78, 5) is 1.14. The normalized spacial score (nSPS) is 11.7. The summed E-state index contributed by atoms with van der Waals surface area (Å²) in [5.41, 5.74) is 5.97. The predicted octanol–water partition coefficient (Wildman–Crippen LogP) is 3.27. The van der Waals surface area contributed by atoms with Gasteiger partial charge in [-0.3, -0.25) is 0 Å². The number of rotatable bonds is 5. The maximum Gasteiger partial charge on any atom is 0.242 e. The van der Waals surface area contributed by atoms with Crippen LogP contribution in [0.1, 0.15) is 4.88 Å². The highest BCUT2D eigenvalue weighted by atomic mass is 79.9. The monoisotopic (exact) mass is 394 g/mol. The van der Waals surface area contributed by atoms with Crippen LogP contribution < -0.4 is 10.5 Å². The van der Waals surface area contributed by atoms with E-state index in [2.05, 4.69) is 20.7 Å². The van der Waals surface area contributed by atoms with Crippen LogP contribution in [0, 0.1) is 0 Å². The highest BCUT2D eigenvalue weighted by molar-refractivity contribution is 9.11. The van der Waals surface area contributed by atoms with Crippen molar-refractivity contribution in [1.29, 1.82) is 0 Å². The van der Waals surface area contributed by atoms with Crippen LogP contribution in [0.15, 0.2) is 39.0 Å². The Morgan fingerprint density at radius 1 is 1.30 bits per heavy atom. The lowest BCUT2D eigenvalue weighted by molar-refractivity contribution is 0.582. The summed E-state index contributed by atoms with van der Waals surface area (Å²) in [7, 11) is -3.62. The van der Waals surface area contributed by atoms with Crippen molar-refractivity contribution in [3.8, 4) is 0 Å². The second-order valence-electron chi connectivity index (χ2n) is 4.04. The molecular weight excluding hydrogens is 384 g/mol. The largest absolute Gasteiger partial charge is 0.399 e. The number of nitrogens with one attached hydrogen (secondary N) is 1. The first-order chi connectivity index (χ1) is 9.38. The van der Waals surface area contributed by atoms with Gasteiger partial charge in [0.2, 0.25) is 10.0 Å². The third-order valence-corrected chi connectivity index (χ3v) is 6.17. The summed E-state index contributed by atoms with van der Waals surface area (Å²) in [6, 6.07) is 8.23. The van der Waals surface area contributed by atoms with Gasteiger partial charge in [-0.25, -0.2) is 13.1 Å². The fraction of sp³-hybridized carbons (Fsp3) is 0.167. The van der Waals surface area contributed by atoms with E-state index in [1.54, 1.807) is 11.3 Å². The maximum atomic E-state index is 12.1. The average Bonchev–Trinajstić information content (AvgIpc) is 2.74. The van der Waals surface area contributed by atoms with Gasteiger partial charge < -0.3 is 5.73 Å². The van der Waals surface area contributed by atoms with Gasteiger partial charge in [-0.1, -0.05) is 11.6 Å². The van der Waals surface area contributed by atoms with E-state index in [1.165, 1.54) is 18.2 Å². The first-order valence-corrected chi connectivity index (χ1v) is 9.14. The number of nitrogen functional groups attached to an aromatic ring is 1. The van der Waals surface area contributed by atoms with Crippen molar-refractivity contribution in [2.75, 3.05) is 12.3 Å². The van der Waals surface area contributed by atoms with E-state index in [1.807, 2.05) is 12.1 Å². The van der Waals surface area contributed by atoms with Gasteiger partial charge in [-0.05, 0) is 52.7 Å². The van der Waals surface area contributed by atoms with Gasteiger partial charge in [0, 0.05) is 17.1 Å². The number of anilines is 1. The maximum absolute atomic E-state index is 12.1. The van der Waals surface area contributed by atoms with Gasteiger partial charge in [-0.15, -0.1) is 11.3 Å². The standard InChI is InChI=1S/C12H12BrClN2O2S2/c13-12-4-2-9(19-12)5-6-16-20(17,18)11-3-1-8(15)7-10(11)14/h1-4,7,16H,5-6,15H2. The fourth-order valence-electron chi connectivity index (χ4n) is 1.61. The van der Waals surface area contributed by atoms with Crippen molar-refractivity contribution in [1.82, 2.24) is 4.72 Å². The molecule has 0 aliphatic heterocycles. The Bertz CT molecular complexity index is 716. The van der Waals surface area contributed by atoms with Gasteiger partial charge in [0.05, 0.1) is 8.81 Å². The van der Waals surface area contributed by atoms with Gasteiger partial charge in [-0.2, -0.15) is 0 Å². The average molecular weight is 396 g/mol. The molecule has 1 aromatic carbocycles.